The zero-order chi connectivity index (χ0) is 14.0. The Kier molecular flexibility index (Phi) is 4.25. The van der Waals surface area contributed by atoms with Crippen molar-refractivity contribution in [2.45, 2.75) is 47.0 Å². The van der Waals surface area contributed by atoms with Crippen LogP contribution in [0.1, 0.15) is 41.5 Å². The van der Waals surface area contributed by atoms with E-state index < -0.39 is 0 Å². The fourth-order valence-corrected chi connectivity index (χ4v) is 2.80. The molecule has 1 aliphatic heterocycles. The molecule has 1 heterocycles. The molecule has 0 aromatic heterocycles. The van der Waals surface area contributed by atoms with Crippen LogP contribution in [-0.2, 0) is 4.79 Å². The van der Waals surface area contributed by atoms with Gasteiger partial charge in [0.15, 0.2) is 0 Å². The summed E-state index contributed by atoms with van der Waals surface area (Å²) < 4.78 is 0. The maximum atomic E-state index is 11.5. The summed E-state index contributed by atoms with van der Waals surface area (Å²) in [4.78, 5) is 11.5. The molecule has 0 bridgehead atoms. The van der Waals surface area contributed by atoms with Crippen LogP contribution in [0.25, 0.3) is 0 Å². The van der Waals surface area contributed by atoms with Crippen LogP contribution < -0.4 is 5.01 Å². The predicted octanol–water partition coefficient (Wildman–Crippen LogP) is 3.28. The summed E-state index contributed by atoms with van der Waals surface area (Å²) in [6.07, 6.45) is 4.58. The number of hydrogen-bond acceptors (Lipinski definition) is 2. The van der Waals surface area contributed by atoms with Gasteiger partial charge < -0.3 is 0 Å². The van der Waals surface area contributed by atoms with Gasteiger partial charge in [0.05, 0.1) is 5.69 Å². The highest BCUT2D eigenvalue weighted by molar-refractivity contribution is 5.77. The van der Waals surface area contributed by atoms with Crippen LogP contribution >= 0.6 is 0 Å². The molecule has 1 fully saturated rings. The number of hydrazine groups is 1. The number of rotatable bonds is 3. The molecular formula is C16H24N2O. The monoisotopic (exact) mass is 260 g/mol. The lowest BCUT2D eigenvalue weighted by molar-refractivity contribution is -0.110. The third-order valence-electron chi connectivity index (χ3n) is 4.44. The van der Waals surface area contributed by atoms with Gasteiger partial charge in [-0.3, -0.25) is 4.79 Å². The summed E-state index contributed by atoms with van der Waals surface area (Å²) in [5.41, 5.74) is 6.12. The van der Waals surface area contributed by atoms with Crippen LogP contribution in [-0.4, -0.2) is 24.5 Å². The zero-order valence-corrected chi connectivity index (χ0v) is 12.5. The van der Waals surface area contributed by atoms with Crippen molar-refractivity contribution in [3.05, 3.63) is 28.3 Å². The molecule has 1 amide bonds. The molecule has 1 aromatic carbocycles. The second-order valence-electron chi connectivity index (χ2n) is 5.55. The van der Waals surface area contributed by atoms with Gasteiger partial charge in [0.1, 0.15) is 0 Å². The SMILES string of the molecule is Cc1cc(N(C=O)N2CCCCC2)c(C)c(C)c1C. The molecular weight excluding hydrogens is 236 g/mol. The maximum absolute atomic E-state index is 11.5. The highest BCUT2D eigenvalue weighted by Gasteiger charge is 2.21. The molecule has 2 rings (SSSR count). The number of aryl methyl sites for hydroxylation is 1. The Hall–Kier alpha value is -1.35. The molecule has 1 aromatic rings. The minimum absolute atomic E-state index is 0.960. The van der Waals surface area contributed by atoms with E-state index in [1.165, 1.54) is 41.5 Å². The maximum Gasteiger partial charge on any atom is 0.228 e. The number of piperidine rings is 1. The van der Waals surface area contributed by atoms with E-state index in [4.69, 9.17) is 0 Å². The smallest absolute Gasteiger partial charge is 0.228 e. The van der Waals surface area contributed by atoms with Crippen molar-refractivity contribution in [2.24, 2.45) is 0 Å². The van der Waals surface area contributed by atoms with E-state index in [1.807, 2.05) is 5.01 Å². The Morgan fingerprint density at radius 1 is 1.00 bits per heavy atom. The van der Waals surface area contributed by atoms with Gasteiger partial charge in [0.25, 0.3) is 0 Å². The molecule has 1 saturated heterocycles. The standard InChI is InChI=1S/C16H24N2O/c1-12-10-16(15(4)14(3)13(12)2)18(11-19)17-8-6-5-7-9-17/h10-11H,5-9H2,1-4H3. The molecule has 0 saturated carbocycles. The predicted molar refractivity (Wildman–Crippen MR) is 79.4 cm³/mol. The highest BCUT2D eigenvalue weighted by Crippen LogP contribution is 2.29. The first kappa shape index (κ1) is 14.1. The van der Waals surface area contributed by atoms with Crippen molar-refractivity contribution in [2.75, 3.05) is 18.1 Å². The topological polar surface area (TPSA) is 23.6 Å². The second kappa shape index (κ2) is 5.74. The summed E-state index contributed by atoms with van der Waals surface area (Å²) in [7, 11) is 0. The Bertz CT molecular complexity index is 476. The second-order valence-corrected chi connectivity index (χ2v) is 5.55. The van der Waals surface area contributed by atoms with Crippen molar-refractivity contribution < 1.29 is 4.79 Å². The fraction of sp³-hybridized carbons (Fsp3) is 0.562. The summed E-state index contributed by atoms with van der Waals surface area (Å²) >= 11 is 0. The van der Waals surface area contributed by atoms with Gasteiger partial charge in [-0.1, -0.05) is 6.42 Å². The van der Waals surface area contributed by atoms with Crippen LogP contribution in [0.4, 0.5) is 5.69 Å². The van der Waals surface area contributed by atoms with Gasteiger partial charge >= 0.3 is 0 Å². The zero-order valence-electron chi connectivity index (χ0n) is 12.5. The Morgan fingerprint density at radius 2 is 1.63 bits per heavy atom. The summed E-state index contributed by atoms with van der Waals surface area (Å²) in [5.74, 6) is 0. The van der Waals surface area contributed by atoms with Crippen LogP contribution in [0.15, 0.2) is 6.07 Å². The fourth-order valence-electron chi connectivity index (χ4n) is 2.80. The van der Waals surface area contributed by atoms with Crippen molar-refractivity contribution in [1.82, 2.24) is 5.01 Å². The number of benzene rings is 1. The average Bonchev–Trinajstić information content (AvgIpc) is 2.44. The van der Waals surface area contributed by atoms with Gasteiger partial charge in [-0.05, 0) is 68.9 Å². The Balaban J connectivity index is 2.40. The lowest BCUT2D eigenvalue weighted by Crippen LogP contribution is -2.45. The molecule has 3 nitrogen and oxygen atoms in total. The summed E-state index contributed by atoms with van der Waals surface area (Å²) in [6.45, 7) is 10.5. The highest BCUT2D eigenvalue weighted by atomic mass is 16.1. The lowest BCUT2D eigenvalue weighted by Gasteiger charge is -2.36. The third-order valence-corrected chi connectivity index (χ3v) is 4.44. The summed E-state index contributed by atoms with van der Waals surface area (Å²) in [6, 6.07) is 2.14. The molecule has 0 atom stereocenters. The Labute approximate surface area is 116 Å². The van der Waals surface area contributed by atoms with Crippen LogP contribution in [0.2, 0.25) is 0 Å². The minimum atomic E-state index is 0.960. The van der Waals surface area contributed by atoms with Gasteiger partial charge in [0.2, 0.25) is 6.41 Å². The summed E-state index contributed by atoms with van der Waals surface area (Å²) in [5, 5.41) is 3.99. The van der Waals surface area contributed by atoms with E-state index >= 15 is 0 Å². The average molecular weight is 260 g/mol. The molecule has 19 heavy (non-hydrogen) atoms. The molecule has 0 radical (unpaired) electrons. The Morgan fingerprint density at radius 3 is 2.21 bits per heavy atom. The van der Waals surface area contributed by atoms with Crippen molar-refractivity contribution in [1.29, 1.82) is 0 Å². The van der Waals surface area contributed by atoms with Crippen molar-refractivity contribution >= 4 is 12.1 Å². The molecule has 1 aliphatic rings. The largest absolute Gasteiger partial charge is 0.277 e. The first-order valence-corrected chi connectivity index (χ1v) is 7.13. The van der Waals surface area contributed by atoms with E-state index in [-0.39, 0.29) is 0 Å². The van der Waals surface area contributed by atoms with E-state index in [0.717, 1.165) is 25.2 Å². The van der Waals surface area contributed by atoms with Gasteiger partial charge in [-0.2, -0.15) is 0 Å². The number of hydrogen-bond donors (Lipinski definition) is 0. The quantitative estimate of drug-likeness (QED) is 0.779. The van der Waals surface area contributed by atoms with Gasteiger partial charge in [0, 0.05) is 13.1 Å². The number of nitrogens with zero attached hydrogens (tertiary/aromatic N) is 2. The van der Waals surface area contributed by atoms with Crippen molar-refractivity contribution in [3.63, 3.8) is 0 Å². The molecule has 104 valence electrons. The van der Waals surface area contributed by atoms with Crippen LogP contribution in [0.5, 0.6) is 0 Å². The van der Waals surface area contributed by atoms with E-state index in [0.29, 0.717) is 0 Å². The number of carbonyl (C=O) groups is 1. The first-order valence-electron chi connectivity index (χ1n) is 7.13. The first-order chi connectivity index (χ1) is 9.06. The molecule has 0 unspecified atom stereocenters. The number of anilines is 1. The lowest BCUT2D eigenvalue weighted by atomic mass is 9.97. The van der Waals surface area contributed by atoms with E-state index in [9.17, 15) is 4.79 Å². The van der Waals surface area contributed by atoms with Crippen LogP contribution in [0.3, 0.4) is 0 Å². The molecule has 0 N–H and O–H groups in total. The van der Waals surface area contributed by atoms with E-state index in [2.05, 4.69) is 38.8 Å². The molecule has 0 aliphatic carbocycles. The minimum Gasteiger partial charge on any atom is -0.277 e. The number of amides is 1. The molecule has 0 spiro atoms. The normalized spacial score (nSPS) is 16.4. The molecule has 3 heteroatoms. The van der Waals surface area contributed by atoms with Gasteiger partial charge in [-0.25, -0.2) is 10.0 Å². The van der Waals surface area contributed by atoms with Crippen molar-refractivity contribution in [3.8, 4) is 0 Å². The third kappa shape index (κ3) is 2.66. The van der Waals surface area contributed by atoms with Gasteiger partial charge in [-0.15, -0.1) is 0 Å². The van der Waals surface area contributed by atoms with E-state index in [1.54, 1.807) is 0 Å². The number of carbonyl (C=O) groups excluding carboxylic acids is 1. The van der Waals surface area contributed by atoms with Crippen LogP contribution in [0, 0.1) is 27.7 Å².